The van der Waals surface area contributed by atoms with E-state index in [0.29, 0.717) is 12.2 Å². The summed E-state index contributed by atoms with van der Waals surface area (Å²) in [5.41, 5.74) is 2.85. The third-order valence-electron chi connectivity index (χ3n) is 7.53. The molecule has 0 aromatic heterocycles. The Morgan fingerprint density at radius 1 is 0.907 bits per heavy atom. The van der Waals surface area contributed by atoms with E-state index >= 15 is 0 Å². The van der Waals surface area contributed by atoms with Crippen molar-refractivity contribution in [3.8, 4) is 11.5 Å². The van der Waals surface area contributed by atoms with E-state index in [1.54, 1.807) is 24.3 Å². The van der Waals surface area contributed by atoms with E-state index in [1.165, 1.54) is 37.3 Å². The summed E-state index contributed by atoms with van der Waals surface area (Å²) in [7, 11) is -1.36. The molecule has 1 N–H and O–H groups in total. The molecule has 3 aromatic rings. The Bertz CT molecular complexity index is 1510. The zero-order valence-electron chi connectivity index (χ0n) is 26.1. The fourth-order valence-corrected chi connectivity index (χ4v) is 6.09. The van der Waals surface area contributed by atoms with Gasteiger partial charge < -0.3 is 19.7 Å². The maximum atomic E-state index is 14.4. The van der Waals surface area contributed by atoms with Crippen LogP contribution < -0.4 is 19.1 Å². The van der Waals surface area contributed by atoms with E-state index in [9.17, 15) is 18.0 Å². The molecule has 2 atom stereocenters. The van der Waals surface area contributed by atoms with Crippen molar-refractivity contribution < 1.29 is 27.5 Å². The zero-order chi connectivity index (χ0) is 31.7. The number of amides is 2. The Morgan fingerprint density at radius 2 is 1.58 bits per heavy atom. The van der Waals surface area contributed by atoms with Gasteiger partial charge in [0.05, 0.1) is 24.8 Å². The third kappa shape index (κ3) is 8.07. The fraction of sp³-hybridized carbons (Fsp3) is 0.394. The van der Waals surface area contributed by atoms with Crippen LogP contribution in [-0.2, 0) is 26.2 Å². The largest absolute Gasteiger partial charge is 0.497 e. The van der Waals surface area contributed by atoms with E-state index in [1.807, 2.05) is 58.9 Å². The number of nitrogens with zero attached hydrogens (tertiary/aromatic N) is 2. The maximum absolute atomic E-state index is 14.4. The smallest absolute Gasteiger partial charge is 0.264 e. The van der Waals surface area contributed by atoms with Crippen LogP contribution in [-0.4, -0.2) is 58.0 Å². The number of rotatable bonds is 14. The Labute approximate surface area is 255 Å². The molecule has 0 aliphatic rings. The molecule has 0 radical (unpaired) electrons. The molecule has 0 bridgehead atoms. The van der Waals surface area contributed by atoms with Gasteiger partial charge in [0.25, 0.3) is 10.0 Å². The molecule has 3 aromatic carbocycles. The summed E-state index contributed by atoms with van der Waals surface area (Å²) < 4.78 is 40.4. The van der Waals surface area contributed by atoms with Crippen LogP contribution in [0.2, 0.25) is 0 Å². The number of hydrogen-bond donors (Lipinski definition) is 1. The molecule has 43 heavy (non-hydrogen) atoms. The molecule has 0 unspecified atom stereocenters. The highest BCUT2D eigenvalue weighted by molar-refractivity contribution is 7.92. The van der Waals surface area contributed by atoms with Gasteiger partial charge in [0.1, 0.15) is 24.1 Å². The molecule has 0 spiro atoms. The van der Waals surface area contributed by atoms with Crippen molar-refractivity contribution in [2.75, 3.05) is 25.1 Å². The molecule has 0 fully saturated rings. The van der Waals surface area contributed by atoms with Crippen molar-refractivity contribution in [2.45, 2.75) is 71.0 Å². The number of benzene rings is 3. The number of carbonyl (C=O) groups excluding carboxylic acids is 2. The number of hydrogen-bond acceptors (Lipinski definition) is 6. The first-order chi connectivity index (χ1) is 20.5. The lowest BCUT2D eigenvalue weighted by Gasteiger charge is -2.34. The second-order valence-corrected chi connectivity index (χ2v) is 12.4. The molecule has 10 heteroatoms. The lowest BCUT2D eigenvalue weighted by molar-refractivity contribution is -0.140. The van der Waals surface area contributed by atoms with Gasteiger partial charge in [0, 0.05) is 18.7 Å². The highest BCUT2D eigenvalue weighted by Crippen LogP contribution is 2.36. The fourth-order valence-electron chi connectivity index (χ4n) is 4.67. The number of methoxy groups -OCH3 is 2. The molecule has 2 amide bonds. The third-order valence-corrected chi connectivity index (χ3v) is 9.31. The Balaban J connectivity index is 2.16. The van der Waals surface area contributed by atoms with Crippen LogP contribution in [0.15, 0.2) is 71.6 Å². The lowest BCUT2D eigenvalue weighted by Crippen LogP contribution is -2.53. The minimum Gasteiger partial charge on any atom is -0.497 e. The standard InChI is InChI=1S/C33H43N3O6S/c1-8-25(5)34-33(38)29(9-2)35(21-26-13-11-10-12-24(26)4)32(37)22-36(30-20-27(41-6)16-19-31(30)42-7)43(39,40)28-17-14-23(3)15-18-28/h10-20,25,29H,8-9,21-22H2,1-7H3,(H,34,38)/t25-,29-/m0/s1. The quantitative estimate of drug-likeness (QED) is 0.268. The Morgan fingerprint density at radius 3 is 2.16 bits per heavy atom. The van der Waals surface area contributed by atoms with Gasteiger partial charge in [0.2, 0.25) is 11.8 Å². The summed E-state index contributed by atoms with van der Waals surface area (Å²) in [5.74, 6) is -0.180. The van der Waals surface area contributed by atoms with Crippen molar-refractivity contribution in [2.24, 2.45) is 0 Å². The average Bonchev–Trinajstić information content (AvgIpc) is 3.00. The molecular formula is C33H43N3O6S. The van der Waals surface area contributed by atoms with E-state index in [-0.39, 0.29) is 34.8 Å². The van der Waals surface area contributed by atoms with E-state index in [4.69, 9.17) is 9.47 Å². The molecule has 0 saturated heterocycles. The maximum Gasteiger partial charge on any atom is 0.264 e. The van der Waals surface area contributed by atoms with Crippen LogP contribution in [0.1, 0.15) is 50.3 Å². The minimum absolute atomic E-state index is 0.0165. The second-order valence-electron chi connectivity index (χ2n) is 10.6. The van der Waals surface area contributed by atoms with Crippen LogP contribution in [0, 0.1) is 13.8 Å². The van der Waals surface area contributed by atoms with Gasteiger partial charge in [-0.15, -0.1) is 0 Å². The Hall–Kier alpha value is -4.05. The molecular weight excluding hydrogens is 566 g/mol. The van der Waals surface area contributed by atoms with Crippen LogP contribution in [0.3, 0.4) is 0 Å². The number of anilines is 1. The number of carbonyl (C=O) groups is 2. The monoisotopic (exact) mass is 609 g/mol. The normalized spacial score (nSPS) is 12.6. The first-order valence-corrected chi connectivity index (χ1v) is 15.9. The van der Waals surface area contributed by atoms with E-state index in [0.717, 1.165) is 27.4 Å². The molecule has 0 saturated carbocycles. The van der Waals surface area contributed by atoms with Gasteiger partial charge in [-0.3, -0.25) is 13.9 Å². The molecule has 0 aliphatic heterocycles. The molecule has 0 aliphatic carbocycles. The first kappa shape index (κ1) is 33.5. The van der Waals surface area contributed by atoms with Crippen molar-refractivity contribution in [1.29, 1.82) is 0 Å². The highest BCUT2D eigenvalue weighted by Gasteiger charge is 2.35. The van der Waals surface area contributed by atoms with Gasteiger partial charge in [-0.2, -0.15) is 0 Å². The van der Waals surface area contributed by atoms with Crippen molar-refractivity contribution in [3.05, 3.63) is 83.4 Å². The summed E-state index contributed by atoms with van der Waals surface area (Å²) in [6.45, 7) is 9.07. The highest BCUT2D eigenvalue weighted by atomic mass is 32.2. The molecule has 9 nitrogen and oxygen atoms in total. The van der Waals surface area contributed by atoms with E-state index < -0.39 is 28.5 Å². The Kier molecular flexibility index (Phi) is 11.6. The summed E-state index contributed by atoms with van der Waals surface area (Å²) in [6, 6.07) is 17.9. The summed E-state index contributed by atoms with van der Waals surface area (Å²) in [4.78, 5) is 29.3. The van der Waals surface area contributed by atoms with Crippen molar-refractivity contribution in [3.63, 3.8) is 0 Å². The van der Waals surface area contributed by atoms with Gasteiger partial charge in [-0.25, -0.2) is 8.42 Å². The summed E-state index contributed by atoms with van der Waals surface area (Å²) in [5, 5.41) is 2.99. The second kappa shape index (κ2) is 14.9. The van der Waals surface area contributed by atoms with Crippen molar-refractivity contribution >= 4 is 27.5 Å². The topological polar surface area (TPSA) is 105 Å². The van der Waals surface area contributed by atoms with Gasteiger partial charge in [-0.05, 0) is 69.0 Å². The minimum atomic E-state index is -4.26. The molecule has 3 rings (SSSR count). The number of ether oxygens (including phenoxy) is 2. The van der Waals surface area contributed by atoms with Crippen LogP contribution in [0.4, 0.5) is 5.69 Å². The van der Waals surface area contributed by atoms with E-state index in [2.05, 4.69) is 5.32 Å². The zero-order valence-corrected chi connectivity index (χ0v) is 26.9. The lowest BCUT2D eigenvalue weighted by atomic mass is 10.1. The predicted molar refractivity (Wildman–Crippen MR) is 169 cm³/mol. The van der Waals surface area contributed by atoms with Crippen LogP contribution >= 0.6 is 0 Å². The molecule has 0 heterocycles. The molecule has 232 valence electrons. The number of aryl methyl sites for hydroxylation is 2. The van der Waals surface area contributed by atoms with Gasteiger partial charge in [0.15, 0.2) is 0 Å². The first-order valence-electron chi connectivity index (χ1n) is 14.4. The van der Waals surface area contributed by atoms with Gasteiger partial charge in [-0.1, -0.05) is 55.8 Å². The number of nitrogens with one attached hydrogen (secondary N) is 1. The summed E-state index contributed by atoms with van der Waals surface area (Å²) in [6.07, 6.45) is 1.07. The van der Waals surface area contributed by atoms with Crippen molar-refractivity contribution in [1.82, 2.24) is 10.2 Å². The van der Waals surface area contributed by atoms with Crippen LogP contribution in [0.25, 0.3) is 0 Å². The van der Waals surface area contributed by atoms with Crippen LogP contribution in [0.5, 0.6) is 11.5 Å². The average molecular weight is 610 g/mol. The SMILES string of the molecule is CC[C@H](C)NC(=O)[C@H](CC)N(Cc1ccccc1C)C(=O)CN(c1cc(OC)ccc1OC)S(=O)(=O)c1ccc(C)cc1. The van der Waals surface area contributed by atoms with Gasteiger partial charge >= 0.3 is 0 Å². The predicted octanol–water partition coefficient (Wildman–Crippen LogP) is 5.24. The summed E-state index contributed by atoms with van der Waals surface area (Å²) >= 11 is 0. The number of sulfonamides is 1.